The van der Waals surface area contributed by atoms with Crippen LogP contribution < -0.4 is 9.47 Å². The van der Waals surface area contributed by atoms with Crippen LogP contribution in [0.3, 0.4) is 0 Å². The number of carbonyl (C=O) groups is 1. The molecule has 1 atom stereocenters. The molecule has 3 aromatic rings. The number of amides is 1. The summed E-state index contributed by atoms with van der Waals surface area (Å²) in [5.41, 5.74) is 0.353. The first-order chi connectivity index (χ1) is 17.3. The third-order valence-electron chi connectivity index (χ3n) is 5.75. The van der Waals surface area contributed by atoms with Gasteiger partial charge in [-0.1, -0.05) is 29.3 Å². The highest BCUT2D eigenvalue weighted by Crippen LogP contribution is 2.34. The Morgan fingerprint density at radius 2 is 1.78 bits per heavy atom. The number of fused-ring (bicyclic) bond motifs is 1. The molecular formula is C27H25Cl2F3N2O3. The monoisotopic (exact) mass is 552 g/mol. The zero-order chi connectivity index (χ0) is 27.0. The molecule has 1 aromatic heterocycles. The molecule has 2 aromatic carbocycles. The summed E-state index contributed by atoms with van der Waals surface area (Å²) in [5.74, 6) is 0.542. The third kappa shape index (κ3) is 6.67. The van der Waals surface area contributed by atoms with E-state index in [0.717, 1.165) is 12.1 Å². The molecule has 0 N–H and O–H groups in total. The molecule has 0 saturated heterocycles. The van der Waals surface area contributed by atoms with Gasteiger partial charge in [-0.3, -0.25) is 4.79 Å². The van der Waals surface area contributed by atoms with Gasteiger partial charge in [-0.05, 0) is 74.7 Å². The van der Waals surface area contributed by atoms with Crippen molar-refractivity contribution in [3.05, 3.63) is 87.0 Å². The van der Waals surface area contributed by atoms with Gasteiger partial charge in [0.15, 0.2) is 0 Å². The van der Waals surface area contributed by atoms with Gasteiger partial charge in [0.1, 0.15) is 18.0 Å². The predicted molar refractivity (Wildman–Crippen MR) is 135 cm³/mol. The normalized spacial score (nSPS) is 15.8. The Labute approximate surface area is 223 Å². The number of aromatic nitrogens is 1. The SMILES string of the molecule is CC(C)(C)Oc1ccc(OCC2Cc3cc(C(F)(F)F)ccc3CN2C(=O)c2ccc(Cl)c(Cl)c2)nc1. The molecule has 1 aliphatic rings. The Balaban J connectivity index is 1.59. The molecule has 0 fully saturated rings. The molecular weight excluding hydrogens is 528 g/mol. The molecule has 10 heteroatoms. The average Bonchev–Trinajstić information content (AvgIpc) is 2.82. The van der Waals surface area contributed by atoms with Gasteiger partial charge in [0, 0.05) is 18.2 Å². The van der Waals surface area contributed by atoms with Gasteiger partial charge in [0.05, 0.1) is 27.8 Å². The number of rotatable bonds is 5. The molecule has 4 rings (SSSR count). The minimum Gasteiger partial charge on any atom is -0.487 e. The standard InChI is InChI=1S/C27H25Cl2F3N2O3/c1-26(2,3)37-21-7-9-24(33-13-21)36-15-20-11-18-10-19(27(30,31)32)6-4-17(18)14-34(20)25(35)16-5-8-22(28)23(29)12-16/h4-10,12-13,20H,11,14-15H2,1-3H3. The van der Waals surface area contributed by atoms with E-state index in [1.807, 2.05) is 20.8 Å². The van der Waals surface area contributed by atoms with Gasteiger partial charge in [-0.15, -0.1) is 0 Å². The highest BCUT2D eigenvalue weighted by atomic mass is 35.5. The quantitative estimate of drug-likeness (QED) is 0.335. The van der Waals surface area contributed by atoms with E-state index in [9.17, 15) is 18.0 Å². The number of ether oxygens (including phenoxy) is 2. The van der Waals surface area contributed by atoms with Gasteiger partial charge in [0.25, 0.3) is 5.91 Å². The van der Waals surface area contributed by atoms with E-state index in [1.165, 1.54) is 24.4 Å². The van der Waals surface area contributed by atoms with Crippen LogP contribution in [-0.4, -0.2) is 34.0 Å². The number of alkyl halides is 3. The van der Waals surface area contributed by atoms with Crippen LogP contribution in [0.25, 0.3) is 0 Å². The Morgan fingerprint density at radius 3 is 2.41 bits per heavy atom. The lowest BCUT2D eigenvalue weighted by molar-refractivity contribution is -0.137. The van der Waals surface area contributed by atoms with E-state index in [4.69, 9.17) is 32.7 Å². The van der Waals surface area contributed by atoms with Crippen molar-refractivity contribution in [2.45, 2.75) is 51.6 Å². The molecule has 0 radical (unpaired) electrons. The maximum atomic E-state index is 13.5. The van der Waals surface area contributed by atoms with Crippen molar-refractivity contribution in [2.75, 3.05) is 6.61 Å². The Kier molecular flexibility index (Phi) is 7.62. The molecule has 5 nitrogen and oxygen atoms in total. The van der Waals surface area contributed by atoms with Crippen LogP contribution in [0.5, 0.6) is 11.6 Å². The van der Waals surface area contributed by atoms with Crippen LogP contribution in [0.15, 0.2) is 54.7 Å². The zero-order valence-electron chi connectivity index (χ0n) is 20.4. The van der Waals surface area contributed by atoms with Crippen LogP contribution >= 0.6 is 23.2 Å². The van der Waals surface area contributed by atoms with Crippen LogP contribution in [0.1, 0.15) is 47.8 Å². The summed E-state index contributed by atoms with van der Waals surface area (Å²) >= 11 is 12.1. The molecule has 0 saturated carbocycles. The Morgan fingerprint density at radius 1 is 1.03 bits per heavy atom. The summed E-state index contributed by atoms with van der Waals surface area (Å²) < 4.78 is 51.6. The summed E-state index contributed by atoms with van der Waals surface area (Å²) in [6.45, 7) is 5.90. The van der Waals surface area contributed by atoms with Gasteiger partial charge < -0.3 is 14.4 Å². The lowest BCUT2D eigenvalue weighted by Crippen LogP contribution is -2.47. The minimum absolute atomic E-state index is 0.0230. The third-order valence-corrected chi connectivity index (χ3v) is 6.49. The maximum absolute atomic E-state index is 13.5. The first-order valence-electron chi connectivity index (χ1n) is 11.5. The average molecular weight is 553 g/mol. The summed E-state index contributed by atoms with van der Waals surface area (Å²) in [6, 6.07) is 11.0. The van der Waals surface area contributed by atoms with E-state index in [2.05, 4.69) is 4.98 Å². The number of nitrogens with zero attached hydrogens (tertiary/aromatic N) is 2. The van der Waals surface area contributed by atoms with Gasteiger partial charge >= 0.3 is 6.18 Å². The van der Waals surface area contributed by atoms with Crippen LogP contribution in [0.2, 0.25) is 10.0 Å². The topological polar surface area (TPSA) is 51.7 Å². The fraction of sp³-hybridized carbons (Fsp3) is 0.333. The first kappa shape index (κ1) is 27.1. The number of carbonyl (C=O) groups excluding carboxylic acids is 1. The Bertz CT molecular complexity index is 1290. The van der Waals surface area contributed by atoms with Crippen molar-refractivity contribution in [3.8, 4) is 11.6 Å². The number of halogens is 5. The van der Waals surface area contributed by atoms with E-state index in [0.29, 0.717) is 33.3 Å². The van der Waals surface area contributed by atoms with E-state index in [-0.39, 0.29) is 36.1 Å². The number of benzene rings is 2. The largest absolute Gasteiger partial charge is 0.487 e. The van der Waals surface area contributed by atoms with E-state index < -0.39 is 17.8 Å². The van der Waals surface area contributed by atoms with Crippen LogP contribution in [-0.2, 0) is 19.1 Å². The molecule has 0 spiro atoms. The minimum atomic E-state index is -4.46. The van der Waals surface area contributed by atoms with Crippen LogP contribution in [0, 0.1) is 0 Å². The second-order valence-electron chi connectivity index (χ2n) is 9.76. The Hall–Kier alpha value is -2.97. The molecule has 1 unspecified atom stereocenters. The molecule has 37 heavy (non-hydrogen) atoms. The number of hydrogen-bond acceptors (Lipinski definition) is 4. The summed E-state index contributed by atoms with van der Waals surface area (Å²) in [5, 5.41) is 0.543. The van der Waals surface area contributed by atoms with E-state index >= 15 is 0 Å². The molecule has 2 heterocycles. The predicted octanol–water partition coefficient (Wildman–Crippen LogP) is 7.23. The number of pyridine rings is 1. The van der Waals surface area contributed by atoms with Gasteiger partial charge in [-0.25, -0.2) is 4.98 Å². The summed E-state index contributed by atoms with van der Waals surface area (Å²) in [7, 11) is 0. The second kappa shape index (κ2) is 10.4. The first-order valence-corrected chi connectivity index (χ1v) is 12.3. The zero-order valence-corrected chi connectivity index (χ0v) is 21.9. The molecule has 1 aliphatic heterocycles. The van der Waals surface area contributed by atoms with Gasteiger partial charge in [0.2, 0.25) is 5.88 Å². The second-order valence-corrected chi connectivity index (χ2v) is 10.6. The van der Waals surface area contributed by atoms with Crippen molar-refractivity contribution < 1.29 is 27.4 Å². The van der Waals surface area contributed by atoms with Crippen molar-refractivity contribution in [1.82, 2.24) is 9.88 Å². The van der Waals surface area contributed by atoms with Crippen molar-refractivity contribution in [3.63, 3.8) is 0 Å². The molecule has 1 amide bonds. The highest BCUT2D eigenvalue weighted by Gasteiger charge is 2.35. The molecule has 0 aliphatic carbocycles. The van der Waals surface area contributed by atoms with Crippen LogP contribution in [0.4, 0.5) is 13.2 Å². The number of hydrogen-bond donors (Lipinski definition) is 0. The van der Waals surface area contributed by atoms with Crippen molar-refractivity contribution >= 4 is 29.1 Å². The molecule has 0 bridgehead atoms. The highest BCUT2D eigenvalue weighted by molar-refractivity contribution is 6.42. The fourth-order valence-corrected chi connectivity index (χ4v) is 4.35. The van der Waals surface area contributed by atoms with Gasteiger partial charge in [-0.2, -0.15) is 13.2 Å². The molecule has 196 valence electrons. The lowest BCUT2D eigenvalue weighted by Gasteiger charge is -2.37. The maximum Gasteiger partial charge on any atom is 0.416 e. The summed E-state index contributed by atoms with van der Waals surface area (Å²) in [4.78, 5) is 19.3. The fourth-order valence-electron chi connectivity index (χ4n) is 4.05. The van der Waals surface area contributed by atoms with E-state index in [1.54, 1.807) is 23.1 Å². The lowest BCUT2D eigenvalue weighted by atomic mass is 9.92. The van der Waals surface area contributed by atoms with Crippen molar-refractivity contribution in [1.29, 1.82) is 0 Å². The summed E-state index contributed by atoms with van der Waals surface area (Å²) in [6.07, 6.45) is -2.75. The smallest absolute Gasteiger partial charge is 0.416 e. The van der Waals surface area contributed by atoms with Crippen molar-refractivity contribution in [2.24, 2.45) is 0 Å².